The molecule has 1 unspecified atom stereocenters. The Morgan fingerprint density at radius 1 is 1.19 bits per heavy atom. The predicted molar refractivity (Wildman–Crippen MR) is 119 cm³/mol. The van der Waals surface area contributed by atoms with E-state index in [-0.39, 0.29) is 12.1 Å². The maximum atomic E-state index is 9.23. The van der Waals surface area contributed by atoms with Gasteiger partial charge in [-0.3, -0.25) is 13.8 Å². The van der Waals surface area contributed by atoms with Crippen LogP contribution in [0.4, 0.5) is 0 Å². The molecule has 4 aromatic heterocycles. The summed E-state index contributed by atoms with van der Waals surface area (Å²) in [5.74, 6) is 1.31. The number of fused-ring (bicyclic) bond motifs is 1. The monoisotopic (exact) mass is 430 g/mol. The van der Waals surface area contributed by atoms with Crippen LogP contribution in [0, 0.1) is 17.2 Å². The van der Waals surface area contributed by atoms with Crippen LogP contribution in [-0.2, 0) is 11.3 Å². The molecule has 0 spiro atoms. The van der Waals surface area contributed by atoms with Gasteiger partial charge in [0.05, 0.1) is 61.4 Å². The van der Waals surface area contributed by atoms with Gasteiger partial charge in [0.1, 0.15) is 11.5 Å². The lowest BCUT2D eigenvalue weighted by atomic mass is 10.1. The number of aromatic nitrogens is 7. The number of imidazole rings is 1. The zero-order chi connectivity index (χ0) is 22.1. The minimum absolute atomic E-state index is 0.126. The second-order valence-corrected chi connectivity index (χ2v) is 8.51. The van der Waals surface area contributed by atoms with Gasteiger partial charge in [-0.15, -0.1) is 0 Å². The number of rotatable bonds is 9. The van der Waals surface area contributed by atoms with E-state index in [4.69, 9.17) is 9.72 Å². The van der Waals surface area contributed by atoms with E-state index in [9.17, 15) is 5.26 Å². The molecule has 4 heterocycles. The fourth-order valence-corrected chi connectivity index (χ4v) is 3.96. The molecule has 9 nitrogen and oxygen atoms in total. The molecular formula is C23H26N8O. The number of ether oxygens (including phenoxy) is 1. The molecule has 0 bridgehead atoms. The van der Waals surface area contributed by atoms with Crippen LogP contribution in [0.15, 0.2) is 43.2 Å². The molecular weight excluding hydrogens is 404 g/mol. The summed E-state index contributed by atoms with van der Waals surface area (Å²) in [6.07, 6.45) is 14.3. The molecule has 32 heavy (non-hydrogen) atoms. The number of nitrogens with zero attached hydrogens (tertiary/aromatic N) is 8. The highest BCUT2D eigenvalue weighted by Gasteiger charge is 2.33. The molecule has 0 N–H and O–H groups in total. The van der Waals surface area contributed by atoms with Gasteiger partial charge >= 0.3 is 0 Å². The van der Waals surface area contributed by atoms with Gasteiger partial charge in [-0.2, -0.15) is 15.5 Å². The van der Waals surface area contributed by atoms with Gasteiger partial charge in [0, 0.05) is 36.4 Å². The zero-order valence-corrected chi connectivity index (χ0v) is 18.3. The molecule has 1 atom stereocenters. The number of hydrogen-bond donors (Lipinski definition) is 0. The van der Waals surface area contributed by atoms with Gasteiger partial charge in [-0.25, -0.2) is 9.97 Å². The summed E-state index contributed by atoms with van der Waals surface area (Å²) in [5.41, 5.74) is 3.44. The van der Waals surface area contributed by atoms with E-state index in [2.05, 4.69) is 21.3 Å². The smallest absolute Gasteiger partial charge is 0.149 e. The molecule has 9 heteroatoms. The molecule has 1 aliphatic rings. The van der Waals surface area contributed by atoms with E-state index in [1.807, 2.05) is 64.7 Å². The van der Waals surface area contributed by atoms with Crippen molar-refractivity contribution in [2.24, 2.45) is 5.92 Å². The van der Waals surface area contributed by atoms with Gasteiger partial charge in [0.25, 0.3) is 0 Å². The summed E-state index contributed by atoms with van der Waals surface area (Å²) in [7, 11) is 0. The van der Waals surface area contributed by atoms with E-state index in [1.54, 1.807) is 6.20 Å². The third-order valence-corrected chi connectivity index (χ3v) is 5.76. The Morgan fingerprint density at radius 2 is 2.03 bits per heavy atom. The first kappa shape index (κ1) is 20.4. The van der Waals surface area contributed by atoms with Gasteiger partial charge in [0.2, 0.25) is 0 Å². The van der Waals surface area contributed by atoms with Crippen LogP contribution in [0.5, 0.6) is 0 Å². The minimum atomic E-state index is 0.126. The predicted octanol–water partition coefficient (Wildman–Crippen LogP) is 3.75. The summed E-state index contributed by atoms with van der Waals surface area (Å²) in [4.78, 5) is 9.42. The lowest BCUT2D eigenvalue weighted by Crippen LogP contribution is -2.11. The van der Waals surface area contributed by atoms with Crippen molar-refractivity contribution in [1.29, 1.82) is 5.26 Å². The number of nitriles is 1. The summed E-state index contributed by atoms with van der Waals surface area (Å²) < 4.78 is 11.4. The molecule has 4 aromatic rings. The Hall–Kier alpha value is -3.51. The van der Waals surface area contributed by atoms with Gasteiger partial charge in [0.15, 0.2) is 0 Å². The van der Waals surface area contributed by atoms with Crippen molar-refractivity contribution in [3.05, 3.63) is 43.2 Å². The van der Waals surface area contributed by atoms with E-state index in [0.29, 0.717) is 25.5 Å². The van der Waals surface area contributed by atoms with Crippen molar-refractivity contribution < 1.29 is 4.74 Å². The van der Waals surface area contributed by atoms with Crippen LogP contribution >= 0.6 is 0 Å². The van der Waals surface area contributed by atoms with E-state index in [0.717, 1.165) is 41.1 Å². The third kappa shape index (κ3) is 4.14. The molecule has 0 amide bonds. The maximum absolute atomic E-state index is 9.23. The molecule has 0 aliphatic heterocycles. The Kier molecular flexibility index (Phi) is 5.45. The van der Waals surface area contributed by atoms with Crippen LogP contribution in [-0.4, -0.2) is 46.6 Å². The van der Waals surface area contributed by atoms with Crippen molar-refractivity contribution in [2.45, 2.75) is 51.8 Å². The molecule has 164 valence electrons. The lowest BCUT2D eigenvalue weighted by molar-refractivity contribution is 0.0710. The van der Waals surface area contributed by atoms with Crippen LogP contribution in [0.2, 0.25) is 0 Å². The summed E-state index contributed by atoms with van der Waals surface area (Å²) in [6, 6.07) is 4.39. The first-order chi connectivity index (χ1) is 15.6. The van der Waals surface area contributed by atoms with Crippen LogP contribution in [0.1, 0.15) is 39.2 Å². The third-order valence-electron chi connectivity index (χ3n) is 5.76. The summed E-state index contributed by atoms with van der Waals surface area (Å²) in [5, 5.41) is 18.3. The first-order valence-electron chi connectivity index (χ1n) is 11.0. The average Bonchev–Trinajstić information content (AvgIpc) is 3.17. The van der Waals surface area contributed by atoms with Crippen LogP contribution in [0.3, 0.4) is 0 Å². The molecule has 1 aliphatic carbocycles. The van der Waals surface area contributed by atoms with Crippen molar-refractivity contribution >= 4 is 5.65 Å². The Labute approximate surface area is 186 Å². The van der Waals surface area contributed by atoms with E-state index in [1.165, 1.54) is 0 Å². The fraction of sp³-hybridized carbons (Fsp3) is 0.435. The zero-order valence-electron chi connectivity index (χ0n) is 18.3. The quantitative estimate of drug-likeness (QED) is 0.401. The highest BCUT2D eigenvalue weighted by molar-refractivity contribution is 5.68. The topological polar surface area (TPSA) is 98.8 Å². The summed E-state index contributed by atoms with van der Waals surface area (Å²) in [6.45, 7) is 5.34. The normalized spacial score (nSPS) is 14.8. The Morgan fingerprint density at radius 3 is 2.81 bits per heavy atom. The minimum Gasteiger partial charge on any atom is -0.377 e. The van der Waals surface area contributed by atoms with Gasteiger partial charge in [-0.05, 0) is 32.6 Å². The fourth-order valence-electron chi connectivity index (χ4n) is 3.96. The SMILES string of the molecule is CC(C)OCCn1cc(-c2cc3nccn3c(-c3cnn(C(CC#N)C4CC4)c3)n2)cn1. The lowest BCUT2D eigenvalue weighted by Gasteiger charge is -2.12. The highest BCUT2D eigenvalue weighted by atomic mass is 16.5. The van der Waals surface area contributed by atoms with Crippen molar-refractivity contribution in [3.8, 4) is 28.7 Å². The Bertz CT molecular complexity index is 1260. The van der Waals surface area contributed by atoms with Crippen LogP contribution in [0.25, 0.3) is 28.3 Å². The maximum Gasteiger partial charge on any atom is 0.149 e. The molecule has 0 saturated heterocycles. The summed E-state index contributed by atoms with van der Waals surface area (Å²) >= 11 is 0. The molecule has 0 aromatic carbocycles. The van der Waals surface area contributed by atoms with Crippen LogP contribution < -0.4 is 0 Å². The molecule has 1 fully saturated rings. The molecule has 0 radical (unpaired) electrons. The molecule has 5 rings (SSSR count). The van der Waals surface area contributed by atoms with Crippen molar-refractivity contribution in [1.82, 2.24) is 33.9 Å². The largest absolute Gasteiger partial charge is 0.377 e. The molecule has 1 saturated carbocycles. The first-order valence-corrected chi connectivity index (χ1v) is 11.0. The standard InChI is InChI=1S/C23H26N8O/c1-16(2)32-10-9-29-14-18(12-26-29)20-11-22-25-7-8-30(22)23(28-20)19-13-27-31(15-19)21(5-6-24)17-3-4-17/h7-8,11-17,21H,3-5,9-10H2,1-2H3. The Balaban J connectivity index is 1.46. The second kappa shape index (κ2) is 8.55. The van der Waals surface area contributed by atoms with Crippen molar-refractivity contribution in [3.63, 3.8) is 0 Å². The van der Waals surface area contributed by atoms with E-state index < -0.39 is 0 Å². The van der Waals surface area contributed by atoms with Crippen molar-refractivity contribution in [2.75, 3.05) is 6.61 Å². The average molecular weight is 431 g/mol. The number of hydrogen-bond acceptors (Lipinski definition) is 6. The van der Waals surface area contributed by atoms with Gasteiger partial charge < -0.3 is 4.74 Å². The van der Waals surface area contributed by atoms with E-state index >= 15 is 0 Å². The second-order valence-electron chi connectivity index (χ2n) is 8.51. The highest BCUT2D eigenvalue weighted by Crippen LogP contribution is 2.41. The van der Waals surface area contributed by atoms with Gasteiger partial charge in [-0.1, -0.05) is 0 Å².